The van der Waals surface area contributed by atoms with Gasteiger partial charge in [-0.2, -0.15) is 0 Å². The molecule has 0 aliphatic rings. The first-order valence-corrected chi connectivity index (χ1v) is 9.23. The van der Waals surface area contributed by atoms with Gasteiger partial charge in [-0.1, -0.05) is 45.2 Å². The highest BCUT2D eigenvalue weighted by Gasteiger charge is 2.06. The molecule has 2 aromatic carbocycles. The third kappa shape index (κ3) is 4.09. The number of aryl methyl sites for hydroxylation is 1. The maximum absolute atomic E-state index is 5.73. The Bertz CT molecular complexity index is 794. The molecule has 3 rings (SSSR count). The summed E-state index contributed by atoms with van der Waals surface area (Å²) < 4.78 is 1.97. The highest BCUT2D eigenvalue weighted by atomic mass is 79.9. The summed E-state index contributed by atoms with van der Waals surface area (Å²) in [6.45, 7) is 2.21. The molecule has 0 amide bonds. The van der Waals surface area contributed by atoms with E-state index in [1.54, 1.807) is 0 Å². The van der Waals surface area contributed by atoms with Crippen LogP contribution >= 0.6 is 31.9 Å². The molecule has 23 heavy (non-hydrogen) atoms. The lowest BCUT2D eigenvalue weighted by atomic mass is 10.1. The van der Waals surface area contributed by atoms with Crippen LogP contribution in [0.4, 0.5) is 5.69 Å². The second-order valence-electron chi connectivity index (χ2n) is 5.49. The highest BCUT2D eigenvalue weighted by Crippen LogP contribution is 2.27. The van der Waals surface area contributed by atoms with Crippen LogP contribution in [0, 0.1) is 0 Å². The molecule has 1 heterocycles. The van der Waals surface area contributed by atoms with Crippen LogP contribution in [-0.4, -0.2) is 4.98 Å². The molecule has 0 spiro atoms. The number of nitrogens with one attached hydrogen (secondary N) is 2. The molecule has 0 saturated heterocycles. The summed E-state index contributed by atoms with van der Waals surface area (Å²) in [7, 11) is 0. The quantitative estimate of drug-likeness (QED) is 0.435. The van der Waals surface area contributed by atoms with Gasteiger partial charge in [0.2, 0.25) is 0 Å². The minimum Gasteiger partial charge on any atom is -0.382 e. The summed E-state index contributed by atoms with van der Waals surface area (Å²) in [5, 5.41) is 1.23. The third-order valence-electron chi connectivity index (χ3n) is 3.69. The van der Waals surface area contributed by atoms with E-state index in [4.69, 9.17) is 4.84 Å². The monoisotopic (exact) mass is 436 g/mol. The molecule has 120 valence electrons. The largest absolute Gasteiger partial charge is 0.382 e. The molecule has 0 saturated carbocycles. The highest BCUT2D eigenvalue weighted by molar-refractivity contribution is 9.11. The Hall–Kier alpha value is -1.46. The number of halogens is 2. The molecule has 1 aromatic heterocycles. The number of hydrogen-bond donors (Lipinski definition) is 2. The van der Waals surface area contributed by atoms with Gasteiger partial charge in [-0.3, -0.25) is 0 Å². The van der Waals surface area contributed by atoms with Crippen molar-refractivity contribution in [2.24, 2.45) is 0 Å². The van der Waals surface area contributed by atoms with E-state index >= 15 is 0 Å². The van der Waals surface area contributed by atoms with Crippen LogP contribution < -0.4 is 10.3 Å². The lowest BCUT2D eigenvalue weighted by Gasteiger charge is -2.09. The maximum Gasteiger partial charge on any atom is 0.155 e. The minimum absolute atomic E-state index is 0.797. The second kappa shape index (κ2) is 7.41. The van der Waals surface area contributed by atoms with Crippen molar-refractivity contribution in [3.63, 3.8) is 0 Å². The summed E-state index contributed by atoms with van der Waals surface area (Å²) in [4.78, 5) is 9.06. The van der Waals surface area contributed by atoms with Gasteiger partial charge in [-0.25, -0.2) is 5.48 Å². The first-order chi connectivity index (χ1) is 11.2. The smallest absolute Gasteiger partial charge is 0.155 e. The van der Waals surface area contributed by atoms with E-state index in [1.165, 1.54) is 23.8 Å². The van der Waals surface area contributed by atoms with Gasteiger partial charge < -0.3 is 9.82 Å². The number of fused-ring (bicyclic) bond motifs is 1. The van der Waals surface area contributed by atoms with Gasteiger partial charge in [0, 0.05) is 26.0 Å². The Morgan fingerprint density at radius 3 is 2.61 bits per heavy atom. The molecule has 3 nitrogen and oxygen atoms in total. The number of aromatic nitrogens is 1. The molecular weight excluding hydrogens is 420 g/mol. The number of benzene rings is 2. The molecule has 0 bridgehead atoms. The molecule has 0 fully saturated rings. The van der Waals surface area contributed by atoms with E-state index in [9.17, 15) is 0 Å². The van der Waals surface area contributed by atoms with Crippen LogP contribution in [0.25, 0.3) is 10.9 Å². The second-order valence-corrected chi connectivity index (χ2v) is 7.32. The van der Waals surface area contributed by atoms with Crippen molar-refractivity contribution in [3.8, 4) is 5.75 Å². The van der Waals surface area contributed by atoms with E-state index in [1.807, 2.05) is 24.3 Å². The van der Waals surface area contributed by atoms with Crippen LogP contribution in [0.1, 0.15) is 25.3 Å². The lowest BCUT2D eigenvalue weighted by Crippen LogP contribution is -2.04. The van der Waals surface area contributed by atoms with E-state index in [0.717, 1.165) is 32.3 Å². The molecule has 0 unspecified atom stereocenters. The van der Waals surface area contributed by atoms with Gasteiger partial charge in [0.15, 0.2) is 5.75 Å². The zero-order valence-electron chi connectivity index (χ0n) is 12.8. The summed E-state index contributed by atoms with van der Waals surface area (Å²) >= 11 is 6.94. The van der Waals surface area contributed by atoms with Crippen LogP contribution in [0.2, 0.25) is 0 Å². The first-order valence-electron chi connectivity index (χ1n) is 7.64. The average Bonchev–Trinajstić information content (AvgIpc) is 2.92. The fourth-order valence-electron chi connectivity index (χ4n) is 2.53. The van der Waals surface area contributed by atoms with Crippen LogP contribution in [0.3, 0.4) is 0 Å². The topological polar surface area (TPSA) is 37.0 Å². The van der Waals surface area contributed by atoms with E-state index in [-0.39, 0.29) is 0 Å². The van der Waals surface area contributed by atoms with E-state index < -0.39 is 0 Å². The van der Waals surface area contributed by atoms with Crippen molar-refractivity contribution in [3.05, 3.63) is 57.1 Å². The van der Waals surface area contributed by atoms with Crippen molar-refractivity contribution >= 4 is 48.5 Å². The average molecular weight is 438 g/mol. The van der Waals surface area contributed by atoms with E-state index in [0.29, 0.717) is 0 Å². The van der Waals surface area contributed by atoms with Gasteiger partial charge >= 0.3 is 0 Å². The summed E-state index contributed by atoms with van der Waals surface area (Å²) in [6.07, 6.45) is 5.58. The standard InChI is InChI=1S/C18H18Br2N2O/c1-2-3-4-12-11-21-18-6-5-16(10-17(12)18)23-22-15-8-13(19)7-14(20)9-15/h5-11,21-22H,2-4H2,1H3. The first kappa shape index (κ1) is 16.4. The molecule has 0 aliphatic carbocycles. The van der Waals surface area contributed by atoms with Crippen molar-refractivity contribution in [1.82, 2.24) is 4.98 Å². The van der Waals surface area contributed by atoms with Gasteiger partial charge in [0.05, 0.1) is 5.69 Å². The predicted molar refractivity (Wildman–Crippen MR) is 103 cm³/mol. The Morgan fingerprint density at radius 1 is 1.09 bits per heavy atom. The lowest BCUT2D eigenvalue weighted by molar-refractivity contribution is 0.405. The van der Waals surface area contributed by atoms with Crippen molar-refractivity contribution in [2.75, 3.05) is 5.48 Å². The summed E-state index contributed by atoms with van der Waals surface area (Å²) in [5.41, 5.74) is 6.36. The Morgan fingerprint density at radius 2 is 1.87 bits per heavy atom. The molecule has 3 aromatic rings. The van der Waals surface area contributed by atoms with Crippen molar-refractivity contribution < 1.29 is 4.84 Å². The number of unbranched alkanes of at least 4 members (excludes halogenated alkanes) is 1. The van der Waals surface area contributed by atoms with Crippen molar-refractivity contribution in [1.29, 1.82) is 0 Å². The van der Waals surface area contributed by atoms with Gasteiger partial charge in [-0.15, -0.1) is 0 Å². The Kier molecular flexibility index (Phi) is 5.28. The Labute approximate surface area is 152 Å². The zero-order valence-corrected chi connectivity index (χ0v) is 16.0. The van der Waals surface area contributed by atoms with Gasteiger partial charge in [0.25, 0.3) is 0 Å². The number of anilines is 1. The molecule has 5 heteroatoms. The molecule has 0 atom stereocenters. The van der Waals surface area contributed by atoms with Crippen LogP contribution in [0.15, 0.2) is 51.5 Å². The SMILES string of the molecule is CCCCc1c[nH]c2ccc(ONc3cc(Br)cc(Br)c3)cc12. The fourth-order valence-corrected chi connectivity index (χ4v) is 3.82. The van der Waals surface area contributed by atoms with E-state index in [2.05, 4.69) is 67.6 Å². The van der Waals surface area contributed by atoms with Crippen LogP contribution in [0.5, 0.6) is 5.75 Å². The third-order valence-corrected chi connectivity index (χ3v) is 4.60. The maximum atomic E-state index is 5.73. The van der Waals surface area contributed by atoms with Gasteiger partial charge in [-0.05, 0) is 54.8 Å². The van der Waals surface area contributed by atoms with Crippen molar-refractivity contribution in [2.45, 2.75) is 26.2 Å². The molecule has 2 N–H and O–H groups in total. The summed E-state index contributed by atoms with van der Waals surface area (Å²) in [5.74, 6) is 0.797. The number of aromatic amines is 1. The zero-order chi connectivity index (χ0) is 16.2. The molecule has 0 radical (unpaired) electrons. The minimum atomic E-state index is 0.797. The Balaban J connectivity index is 1.77. The van der Waals surface area contributed by atoms with Crippen LogP contribution in [-0.2, 0) is 6.42 Å². The number of rotatable bonds is 6. The van der Waals surface area contributed by atoms with Gasteiger partial charge in [0.1, 0.15) is 0 Å². The fraction of sp³-hybridized carbons (Fsp3) is 0.222. The summed E-state index contributed by atoms with van der Waals surface area (Å²) in [6, 6.07) is 12.0. The molecule has 0 aliphatic heterocycles. The predicted octanol–water partition coefficient (Wildman–Crippen LogP) is 6.44. The molecular formula is C18H18Br2N2O. The number of hydrogen-bond acceptors (Lipinski definition) is 2. The number of H-pyrrole nitrogens is 1. The normalized spacial score (nSPS) is 10.9.